The second-order valence-corrected chi connectivity index (χ2v) is 10.1. The third-order valence-corrected chi connectivity index (χ3v) is 5.02. The van der Waals surface area contributed by atoms with Gasteiger partial charge in [0.1, 0.15) is 6.33 Å². The lowest BCUT2D eigenvalue weighted by molar-refractivity contribution is 0.0843. The van der Waals surface area contributed by atoms with E-state index in [2.05, 4.69) is 68.1 Å². The van der Waals surface area contributed by atoms with Crippen LogP contribution in [0.5, 0.6) is 0 Å². The van der Waals surface area contributed by atoms with Crippen molar-refractivity contribution in [3.8, 4) is 0 Å². The van der Waals surface area contributed by atoms with Gasteiger partial charge >= 0.3 is 0 Å². The molecule has 0 amide bonds. The largest absolute Gasteiger partial charge is 0.413 e. The van der Waals surface area contributed by atoms with Gasteiger partial charge in [0.15, 0.2) is 9.04 Å². The fourth-order valence-electron chi connectivity index (χ4n) is 2.27. The monoisotopic (exact) mass is 332 g/mol. The van der Waals surface area contributed by atoms with Crippen LogP contribution in [0.15, 0.2) is 52.8 Å². The number of hydrogen-bond donors (Lipinski definition) is 0. The van der Waals surface area contributed by atoms with Crippen LogP contribution in [0.25, 0.3) is 0 Å². The molecule has 1 unspecified atom stereocenters. The lowest BCUT2D eigenvalue weighted by Crippen LogP contribution is -2.26. The van der Waals surface area contributed by atoms with Gasteiger partial charge in [-0.2, -0.15) is 0 Å². The van der Waals surface area contributed by atoms with E-state index in [0.717, 1.165) is 4.90 Å². The predicted octanol–water partition coefficient (Wildman–Crippen LogP) is 4.72. The molecule has 0 radical (unpaired) electrons. The van der Waals surface area contributed by atoms with Gasteiger partial charge in [-0.1, -0.05) is 50.7 Å². The number of hydrogen-bond acceptors (Lipinski definition) is 4. The minimum Gasteiger partial charge on any atom is -0.413 e. The zero-order valence-corrected chi connectivity index (χ0v) is 15.9. The van der Waals surface area contributed by atoms with E-state index in [9.17, 15) is 0 Å². The molecule has 0 bridgehead atoms. The van der Waals surface area contributed by atoms with E-state index in [0.29, 0.717) is 0 Å². The first-order chi connectivity index (χ1) is 10.4. The van der Waals surface area contributed by atoms with Crippen molar-refractivity contribution in [1.29, 1.82) is 0 Å². The minimum absolute atomic E-state index is 0.0567. The van der Waals surface area contributed by atoms with Crippen LogP contribution in [-0.2, 0) is 4.43 Å². The zero-order valence-electron chi connectivity index (χ0n) is 13.9. The Balaban J connectivity index is 2.37. The summed E-state index contributed by atoms with van der Waals surface area (Å²) in [4.78, 5) is 10.5. The minimum atomic E-state index is -1.14. The van der Waals surface area contributed by atoms with Crippen molar-refractivity contribution < 1.29 is 4.43 Å². The van der Waals surface area contributed by atoms with E-state index in [1.807, 2.05) is 12.4 Å². The summed E-state index contributed by atoms with van der Waals surface area (Å²) in [6.45, 7) is 11.2. The van der Waals surface area contributed by atoms with Gasteiger partial charge in [-0.3, -0.25) is 0 Å². The molecule has 1 heterocycles. The summed E-state index contributed by atoms with van der Waals surface area (Å²) in [5.74, 6) is 0. The highest BCUT2D eigenvalue weighted by Crippen LogP contribution is 2.42. The van der Waals surface area contributed by atoms with E-state index in [1.54, 1.807) is 18.1 Å². The maximum Gasteiger partial charge on any atom is 0.171 e. The molecule has 0 N–H and O–H groups in total. The fraction of sp³-hybridized carbons (Fsp3) is 0.412. The first-order valence-electron chi connectivity index (χ1n) is 7.55. The van der Waals surface area contributed by atoms with Crippen LogP contribution in [-0.4, -0.2) is 19.0 Å². The van der Waals surface area contributed by atoms with Gasteiger partial charge in [0.25, 0.3) is 0 Å². The Morgan fingerprint density at radius 3 is 2.32 bits per heavy atom. The lowest BCUT2D eigenvalue weighted by Gasteiger charge is -2.34. The quantitative estimate of drug-likeness (QED) is 0.742. The number of nitrogens with zero attached hydrogens (tertiary/aromatic N) is 2. The average molecular weight is 333 g/mol. The molecule has 1 aromatic carbocycles. The summed E-state index contributed by atoms with van der Waals surface area (Å²) in [7, 11) is -1.14. The highest BCUT2D eigenvalue weighted by atomic mass is 32.2. The molecule has 0 aliphatic rings. The van der Waals surface area contributed by atoms with Crippen molar-refractivity contribution in [3.05, 3.63) is 48.5 Å². The molecule has 0 spiro atoms. The topological polar surface area (TPSA) is 35.0 Å². The Morgan fingerprint density at radius 1 is 1.09 bits per heavy atom. The van der Waals surface area contributed by atoms with Crippen LogP contribution >= 0.6 is 11.8 Å². The van der Waals surface area contributed by atoms with Gasteiger partial charge in [-0.15, -0.1) is 0 Å². The molecular formula is C17H24N2OSSi. The van der Waals surface area contributed by atoms with Gasteiger partial charge in [0.2, 0.25) is 0 Å². The van der Waals surface area contributed by atoms with Crippen LogP contribution in [0.2, 0.25) is 13.1 Å². The molecule has 0 fully saturated rings. The normalized spacial score (nSPS) is 13.4. The van der Waals surface area contributed by atoms with Crippen molar-refractivity contribution in [2.24, 2.45) is 5.41 Å². The van der Waals surface area contributed by atoms with Gasteiger partial charge < -0.3 is 4.43 Å². The molecule has 0 aliphatic heterocycles. The van der Waals surface area contributed by atoms with E-state index >= 15 is 0 Å². The van der Waals surface area contributed by atoms with Crippen molar-refractivity contribution in [2.45, 2.75) is 49.8 Å². The Morgan fingerprint density at radius 2 is 1.73 bits per heavy atom. The molecule has 1 atom stereocenters. The fourth-order valence-corrected chi connectivity index (χ4v) is 4.29. The summed E-state index contributed by atoms with van der Waals surface area (Å²) in [6.07, 6.45) is 5.35. The lowest BCUT2D eigenvalue weighted by atomic mass is 9.85. The number of rotatable bonds is 5. The molecule has 22 heavy (non-hydrogen) atoms. The highest BCUT2D eigenvalue weighted by molar-refractivity contribution is 7.99. The second-order valence-electron chi connectivity index (χ2n) is 6.64. The molecular weight excluding hydrogens is 308 g/mol. The molecule has 1 aromatic heterocycles. The Hall–Kier alpha value is -1.17. The summed E-state index contributed by atoms with van der Waals surface area (Å²) < 4.78 is 6.37. The molecule has 118 valence electrons. The molecule has 5 heteroatoms. The Bertz CT molecular complexity index is 599. The maximum atomic E-state index is 6.37. The van der Waals surface area contributed by atoms with E-state index in [-0.39, 0.29) is 11.5 Å². The van der Waals surface area contributed by atoms with Gasteiger partial charge in [0, 0.05) is 22.2 Å². The number of aromatic nitrogens is 2. The van der Waals surface area contributed by atoms with Crippen LogP contribution in [0.4, 0.5) is 0 Å². The average Bonchev–Trinajstić information content (AvgIpc) is 2.45. The van der Waals surface area contributed by atoms with E-state index in [1.165, 1.54) is 10.5 Å². The van der Waals surface area contributed by atoms with Crippen LogP contribution in [0.1, 0.15) is 32.4 Å². The Labute approximate surface area is 139 Å². The second kappa shape index (κ2) is 7.40. The third-order valence-electron chi connectivity index (χ3n) is 3.16. The molecule has 3 nitrogen and oxygen atoms in total. The van der Waals surface area contributed by atoms with Crippen LogP contribution < -0.4 is 0 Å². The standard InChI is InChI=1S/C17H24N2OSSi/c1-17(2,3)16(20-22(4)5)14-8-6-7-9-15(14)21-13-10-18-12-19-11-13/h6-12,16,22H,1-5H3. The van der Waals surface area contributed by atoms with Crippen LogP contribution in [0.3, 0.4) is 0 Å². The maximum absolute atomic E-state index is 6.37. The zero-order chi connectivity index (χ0) is 16.2. The summed E-state index contributed by atoms with van der Waals surface area (Å²) in [5.41, 5.74) is 1.31. The summed E-state index contributed by atoms with van der Waals surface area (Å²) >= 11 is 1.70. The predicted molar refractivity (Wildman–Crippen MR) is 94.8 cm³/mol. The number of benzene rings is 1. The van der Waals surface area contributed by atoms with Gasteiger partial charge in [-0.25, -0.2) is 9.97 Å². The summed E-state index contributed by atoms with van der Waals surface area (Å²) in [6, 6.07) is 8.49. The molecule has 0 aliphatic carbocycles. The molecule has 2 aromatic rings. The van der Waals surface area contributed by atoms with Gasteiger partial charge in [-0.05, 0) is 30.1 Å². The highest BCUT2D eigenvalue weighted by Gasteiger charge is 2.29. The summed E-state index contributed by atoms with van der Waals surface area (Å²) in [5, 5.41) is 0. The van der Waals surface area contributed by atoms with E-state index in [4.69, 9.17) is 4.43 Å². The van der Waals surface area contributed by atoms with Crippen LogP contribution in [0, 0.1) is 5.41 Å². The smallest absolute Gasteiger partial charge is 0.171 e. The first kappa shape index (κ1) is 17.2. The SMILES string of the molecule is C[SiH](C)OC(c1ccccc1Sc1cncnc1)C(C)(C)C. The molecule has 0 saturated carbocycles. The third kappa shape index (κ3) is 4.66. The van der Waals surface area contributed by atoms with E-state index < -0.39 is 9.04 Å². The molecule has 0 saturated heterocycles. The van der Waals surface area contributed by atoms with Gasteiger partial charge in [0.05, 0.1) is 6.10 Å². The Kier molecular flexibility index (Phi) is 5.78. The molecule has 2 rings (SSSR count). The van der Waals surface area contributed by atoms with Crippen molar-refractivity contribution >= 4 is 20.8 Å². The van der Waals surface area contributed by atoms with Crippen molar-refractivity contribution in [3.63, 3.8) is 0 Å². The first-order valence-corrected chi connectivity index (χ1v) is 11.1. The van der Waals surface area contributed by atoms with Crippen molar-refractivity contribution in [1.82, 2.24) is 9.97 Å². The van der Waals surface area contributed by atoms with Crippen molar-refractivity contribution in [2.75, 3.05) is 0 Å².